The van der Waals surface area contributed by atoms with Crippen molar-refractivity contribution in [2.45, 2.75) is 0 Å². The maximum absolute atomic E-state index is 11.8. The van der Waals surface area contributed by atoms with Crippen LogP contribution in [0.2, 0.25) is 0 Å². The minimum absolute atomic E-state index is 0.0122. The lowest BCUT2D eigenvalue weighted by Crippen LogP contribution is -2.43. The van der Waals surface area contributed by atoms with Crippen molar-refractivity contribution in [3.05, 3.63) is 70.3 Å². The maximum Gasteiger partial charge on any atom is 0.269 e. The largest absolute Gasteiger partial charge is 0.331 e. The smallest absolute Gasteiger partial charge is 0.269 e. The minimum Gasteiger partial charge on any atom is -0.331 e. The van der Waals surface area contributed by atoms with E-state index in [1.54, 1.807) is 24.3 Å². The van der Waals surface area contributed by atoms with Gasteiger partial charge in [-0.1, -0.05) is 18.2 Å². The highest BCUT2D eigenvalue weighted by Crippen LogP contribution is 2.15. The summed E-state index contributed by atoms with van der Waals surface area (Å²) in [5.74, 6) is -0.326. The molecule has 0 unspecified atom stereocenters. The van der Waals surface area contributed by atoms with Crippen LogP contribution in [0, 0.1) is 10.1 Å². The van der Waals surface area contributed by atoms with Gasteiger partial charge >= 0.3 is 0 Å². The predicted octanol–water partition coefficient (Wildman–Crippen LogP) is 2.23. The fraction of sp³-hybridized carbons (Fsp3) is 0. The predicted molar refractivity (Wildman–Crippen MR) is 86.4 cm³/mol. The second-order valence-electron chi connectivity index (χ2n) is 4.20. The van der Waals surface area contributed by atoms with Crippen molar-refractivity contribution in [2.24, 2.45) is 0 Å². The number of hydrogen-bond acceptors (Lipinski definition) is 4. The van der Waals surface area contributed by atoms with Crippen LogP contribution in [-0.4, -0.2) is 15.9 Å². The van der Waals surface area contributed by atoms with Crippen LogP contribution in [0.3, 0.4) is 0 Å². The Morgan fingerprint density at radius 3 is 2.23 bits per heavy atom. The Bertz CT molecular complexity index is 689. The fourth-order valence-electron chi connectivity index (χ4n) is 1.60. The number of anilines is 1. The van der Waals surface area contributed by atoms with Crippen LogP contribution in [0.15, 0.2) is 54.6 Å². The first-order valence-electron chi connectivity index (χ1n) is 6.23. The van der Waals surface area contributed by atoms with Crippen LogP contribution < -0.4 is 16.2 Å². The highest BCUT2D eigenvalue weighted by molar-refractivity contribution is 7.80. The molecule has 22 heavy (non-hydrogen) atoms. The Kier molecular flexibility index (Phi) is 4.99. The lowest BCUT2D eigenvalue weighted by atomic mass is 10.2. The number of hydrogen-bond donors (Lipinski definition) is 3. The van der Waals surface area contributed by atoms with Gasteiger partial charge in [0, 0.05) is 23.4 Å². The number of nitro groups is 1. The van der Waals surface area contributed by atoms with Gasteiger partial charge in [-0.3, -0.25) is 25.8 Å². The summed E-state index contributed by atoms with van der Waals surface area (Å²) < 4.78 is 0. The van der Waals surface area contributed by atoms with E-state index in [1.807, 2.05) is 6.07 Å². The molecule has 7 nitrogen and oxygen atoms in total. The minimum atomic E-state index is -0.486. The van der Waals surface area contributed by atoms with Gasteiger partial charge in [-0.2, -0.15) is 0 Å². The third-order valence-corrected chi connectivity index (χ3v) is 2.87. The number of benzene rings is 2. The summed E-state index contributed by atoms with van der Waals surface area (Å²) >= 11 is 5.02. The number of amides is 1. The molecular formula is C14H12N4O3S. The molecule has 0 radical (unpaired) electrons. The molecule has 0 atom stereocenters. The van der Waals surface area contributed by atoms with Gasteiger partial charge in [0.1, 0.15) is 0 Å². The molecule has 2 aromatic carbocycles. The Labute approximate surface area is 131 Å². The SMILES string of the molecule is O=C(NNC(=S)Nc1ccc([N+](=O)[O-])cc1)c1ccccc1. The molecule has 0 spiro atoms. The van der Waals surface area contributed by atoms with Crippen LogP contribution >= 0.6 is 12.2 Å². The van der Waals surface area contributed by atoms with Crippen molar-refractivity contribution in [2.75, 3.05) is 5.32 Å². The summed E-state index contributed by atoms with van der Waals surface area (Å²) in [6.07, 6.45) is 0. The molecule has 0 saturated heterocycles. The molecule has 0 bridgehead atoms. The van der Waals surface area contributed by atoms with Crippen LogP contribution in [0.4, 0.5) is 11.4 Å². The van der Waals surface area contributed by atoms with Crippen LogP contribution in [0.1, 0.15) is 10.4 Å². The second-order valence-corrected chi connectivity index (χ2v) is 4.61. The number of non-ortho nitro benzene ring substituents is 1. The summed E-state index contributed by atoms with van der Waals surface area (Å²) in [6, 6.07) is 14.4. The molecule has 112 valence electrons. The first-order valence-corrected chi connectivity index (χ1v) is 6.64. The number of carbonyl (C=O) groups excluding carboxylic acids is 1. The normalized spacial score (nSPS) is 9.64. The van der Waals surface area contributed by atoms with Gasteiger partial charge in [0.15, 0.2) is 5.11 Å². The van der Waals surface area contributed by atoms with Gasteiger partial charge in [-0.15, -0.1) is 0 Å². The highest BCUT2D eigenvalue weighted by Gasteiger charge is 2.06. The van der Waals surface area contributed by atoms with Crippen LogP contribution in [0.5, 0.6) is 0 Å². The second kappa shape index (κ2) is 7.14. The number of carbonyl (C=O) groups is 1. The van der Waals surface area contributed by atoms with Crippen molar-refractivity contribution < 1.29 is 9.72 Å². The summed E-state index contributed by atoms with van der Waals surface area (Å²) in [4.78, 5) is 21.8. The number of nitro benzene ring substituents is 1. The Balaban J connectivity index is 1.85. The first kappa shape index (κ1) is 15.4. The molecule has 3 N–H and O–H groups in total. The summed E-state index contributed by atoms with van der Waals surface area (Å²) in [5.41, 5.74) is 6.05. The van der Waals surface area contributed by atoms with Gasteiger partial charge < -0.3 is 5.32 Å². The van der Waals surface area contributed by atoms with Gasteiger partial charge in [0.25, 0.3) is 11.6 Å². The molecule has 0 heterocycles. The van der Waals surface area contributed by atoms with E-state index in [0.717, 1.165) is 0 Å². The first-order chi connectivity index (χ1) is 10.6. The van der Waals surface area contributed by atoms with E-state index in [0.29, 0.717) is 11.3 Å². The number of rotatable bonds is 3. The van der Waals surface area contributed by atoms with Gasteiger partial charge in [0.2, 0.25) is 0 Å². The van der Waals surface area contributed by atoms with Crippen molar-refractivity contribution in [3.63, 3.8) is 0 Å². The van der Waals surface area contributed by atoms with E-state index in [1.165, 1.54) is 24.3 Å². The van der Waals surface area contributed by atoms with Crippen molar-refractivity contribution in [1.82, 2.24) is 10.9 Å². The topological polar surface area (TPSA) is 96.3 Å². The molecular weight excluding hydrogens is 304 g/mol. The number of nitrogens with one attached hydrogen (secondary N) is 3. The zero-order chi connectivity index (χ0) is 15.9. The molecule has 0 aliphatic rings. The van der Waals surface area contributed by atoms with Crippen LogP contribution in [0.25, 0.3) is 0 Å². The Morgan fingerprint density at radius 2 is 1.64 bits per heavy atom. The van der Waals surface area contributed by atoms with E-state index in [2.05, 4.69) is 16.2 Å². The lowest BCUT2D eigenvalue weighted by molar-refractivity contribution is -0.384. The maximum atomic E-state index is 11.8. The molecule has 2 aromatic rings. The standard InChI is InChI=1S/C14H12N4O3S/c19-13(10-4-2-1-3-5-10)16-17-14(22)15-11-6-8-12(9-7-11)18(20)21/h1-9H,(H,16,19)(H2,15,17,22). The third kappa shape index (κ3) is 4.25. The van der Waals surface area contributed by atoms with Gasteiger partial charge in [0.05, 0.1) is 4.92 Å². The zero-order valence-corrected chi connectivity index (χ0v) is 12.1. The molecule has 0 aliphatic carbocycles. The average Bonchev–Trinajstić information content (AvgIpc) is 2.54. The monoisotopic (exact) mass is 316 g/mol. The molecule has 0 aliphatic heterocycles. The molecule has 0 fully saturated rings. The van der Waals surface area contributed by atoms with E-state index >= 15 is 0 Å². The van der Waals surface area contributed by atoms with E-state index in [9.17, 15) is 14.9 Å². The quantitative estimate of drug-likeness (QED) is 0.456. The molecule has 1 amide bonds. The number of nitrogens with zero attached hydrogens (tertiary/aromatic N) is 1. The van der Waals surface area contributed by atoms with E-state index < -0.39 is 4.92 Å². The average molecular weight is 316 g/mol. The fourth-order valence-corrected chi connectivity index (χ4v) is 1.77. The summed E-state index contributed by atoms with van der Waals surface area (Å²) in [6.45, 7) is 0. The summed E-state index contributed by atoms with van der Waals surface area (Å²) in [5, 5.41) is 13.5. The molecule has 8 heteroatoms. The number of thiocarbonyl (C=S) groups is 1. The molecule has 0 aromatic heterocycles. The van der Waals surface area contributed by atoms with Gasteiger partial charge in [-0.05, 0) is 36.5 Å². The Morgan fingerprint density at radius 1 is 1.00 bits per heavy atom. The van der Waals surface area contributed by atoms with Crippen molar-refractivity contribution in [3.8, 4) is 0 Å². The van der Waals surface area contributed by atoms with E-state index in [-0.39, 0.29) is 16.7 Å². The lowest BCUT2D eigenvalue weighted by Gasteiger charge is -2.11. The van der Waals surface area contributed by atoms with Crippen LogP contribution in [-0.2, 0) is 0 Å². The van der Waals surface area contributed by atoms with Crippen molar-refractivity contribution in [1.29, 1.82) is 0 Å². The Hall–Kier alpha value is -3.00. The van der Waals surface area contributed by atoms with Crippen molar-refractivity contribution >= 4 is 34.6 Å². The highest BCUT2D eigenvalue weighted by atomic mass is 32.1. The molecule has 2 rings (SSSR count). The number of hydrazine groups is 1. The molecule has 0 saturated carbocycles. The zero-order valence-electron chi connectivity index (χ0n) is 11.3. The van der Waals surface area contributed by atoms with Gasteiger partial charge in [-0.25, -0.2) is 0 Å². The summed E-state index contributed by atoms with van der Waals surface area (Å²) in [7, 11) is 0. The third-order valence-electron chi connectivity index (χ3n) is 2.66. The van der Waals surface area contributed by atoms with E-state index in [4.69, 9.17) is 12.2 Å².